The minimum Gasteiger partial charge on any atom is -0.388 e. The summed E-state index contributed by atoms with van der Waals surface area (Å²) in [4.78, 5) is 23.4. The molecule has 164 valence electrons. The maximum atomic E-state index is 13.1. The molecule has 0 saturated carbocycles. The number of nitrogens with zero attached hydrogens (tertiary/aromatic N) is 7. The summed E-state index contributed by atoms with van der Waals surface area (Å²) in [6.07, 6.45) is 3.77. The quantitative estimate of drug-likeness (QED) is 0.461. The van der Waals surface area contributed by atoms with E-state index in [-0.39, 0.29) is 6.04 Å². The molecule has 1 unspecified atom stereocenters. The third kappa shape index (κ3) is 5.20. The van der Waals surface area contributed by atoms with Gasteiger partial charge in [-0.15, -0.1) is 0 Å². The van der Waals surface area contributed by atoms with Gasteiger partial charge in [-0.1, -0.05) is 0 Å². The third-order valence-corrected chi connectivity index (χ3v) is 4.90. The lowest BCUT2D eigenvalue weighted by atomic mass is 9.95. The Morgan fingerprint density at radius 3 is 2.65 bits per heavy atom. The van der Waals surface area contributed by atoms with Gasteiger partial charge in [-0.2, -0.15) is 20.1 Å². The fourth-order valence-electron chi connectivity index (χ4n) is 3.42. The van der Waals surface area contributed by atoms with Crippen molar-refractivity contribution in [2.75, 3.05) is 28.6 Å². The Labute approximate surface area is 178 Å². The summed E-state index contributed by atoms with van der Waals surface area (Å²) in [7, 11) is 0. The molecule has 1 aliphatic rings. The molecule has 0 bridgehead atoms. The van der Waals surface area contributed by atoms with E-state index in [4.69, 9.17) is 0 Å². The monoisotopic (exact) mass is 428 g/mol. The molecule has 0 amide bonds. The van der Waals surface area contributed by atoms with E-state index in [1.54, 1.807) is 6.92 Å². The number of rotatable bonds is 6. The minimum absolute atomic E-state index is 0.297. The Morgan fingerprint density at radius 2 is 1.97 bits per heavy atom. The van der Waals surface area contributed by atoms with Crippen LogP contribution in [0.4, 0.5) is 28.1 Å². The van der Waals surface area contributed by atoms with Crippen molar-refractivity contribution < 1.29 is 9.50 Å². The van der Waals surface area contributed by atoms with Crippen LogP contribution in [0.15, 0.2) is 18.5 Å². The number of anilines is 4. The van der Waals surface area contributed by atoms with Gasteiger partial charge in [0, 0.05) is 24.8 Å². The van der Waals surface area contributed by atoms with E-state index in [2.05, 4.69) is 45.8 Å². The highest BCUT2D eigenvalue weighted by atomic mass is 19.1. The lowest BCUT2D eigenvalue weighted by Gasteiger charge is -2.36. The normalized spacial score (nSPS) is 19.8. The van der Waals surface area contributed by atoms with Crippen LogP contribution >= 0.6 is 0 Å². The molecule has 1 saturated heterocycles. The maximum absolute atomic E-state index is 13.1. The highest BCUT2D eigenvalue weighted by Crippen LogP contribution is 2.26. The van der Waals surface area contributed by atoms with Crippen LogP contribution in [0.5, 0.6) is 0 Å². The zero-order chi connectivity index (χ0) is 22.0. The number of β-amino-alcohol motifs (C(OH)–C–C–N with tert-alkyl or cyclic N) is 1. The highest BCUT2D eigenvalue weighted by Gasteiger charge is 2.30. The van der Waals surface area contributed by atoms with Crippen molar-refractivity contribution in [1.29, 1.82) is 0 Å². The first-order chi connectivity index (χ1) is 14.8. The number of aromatic amines is 1. The van der Waals surface area contributed by atoms with Gasteiger partial charge in [0.2, 0.25) is 17.8 Å². The van der Waals surface area contributed by atoms with E-state index in [1.165, 1.54) is 0 Å². The SMILES string of the molecule is Cc1cc(Nc2nc(N[C@@H](C)c3ncc(F)cn3)nc(N3CCCC(C)(O)C3)n2)n[nH]1. The first-order valence-corrected chi connectivity index (χ1v) is 10.0. The van der Waals surface area contributed by atoms with Gasteiger partial charge in [-0.05, 0) is 33.6 Å². The molecule has 11 nitrogen and oxygen atoms in total. The molecule has 1 fully saturated rings. The third-order valence-electron chi connectivity index (χ3n) is 4.90. The molecular weight excluding hydrogens is 403 g/mol. The molecule has 1 aliphatic heterocycles. The van der Waals surface area contributed by atoms with Crippen LogP contribution in [0.3, 0.4) is 0 Å². The number of hydrogen-bond donors (Lipinski definition) is 4. The van der Waals surface area contributed by atoms with Crippen LogP contribution in [-0.2, 0) is 0 Å². The second kappa shape index (κ2) is 8.38. The van der Waals surface area contributed by atoms with Gasteiger partial charge < -0.3 is 20.6 Å². The first-order valence-electron chi connectivity index (χ1n) is 10.0. The zero-order valence-electron chi connectivity index (χ0n) is 17.6. The molecule has 0 spiro atoms. The summed E-state index contributed by atoms with van der Waals surface area (Å²) >= 11 is 0. The van der Waals surface area contributed by atoms with Crippen LogP contribution in [-0.4, -0.2) is 58.9 Å². The largest absolute Gasteiger partial charge is 0.388 e. The number of H-pyrrole nitrogens is 1. The number of nitrogens with one attached hydrogen (secondary N) is 3. The molecule has 12 heteroatoms. The van der Waals surface area contributed by atoms with Crippen molar-refractivity contribution in [3.05, 3.63) is 35.8 Å². The van der Waals surface area contributed by atoms with Crippen LogP contribution in [0.2, 0.25) is 0 Å². The highest BCUT2D eigenvalue weighted by molar-refractivity contribution is 5.52. The first kappa shape index (κ1) is 20.8. The van der Waals surface area contributed by atoms with Gasteiger partial charge in [-0.25, -0.2) is 14.4 Å². The fraction of sp³-hybridized carbons (Fsp3) is 0.474. The van der Waals surface area contributed by atoms with Crippen LogP contribution in [0.25, 0.3) is 0 Å². The van der Waals surface area contributed by atoms with Crippen molar-refractivity contribution in [3.8, 4) is 0 Å². The predicted octanol–water partition coefficient (Wildman–Crippen LogP) is 2.10. The van der Waals surface area contributed by atoms with E-state index in [0.29, 0.717) is 36.0 Å². The van der Waals surface area contributed by atoms with Crippen molar-refractivity contribution in [3.63, 3.8) is 0 Å². The Bertz CT molecular complexity index is 1040. The lowest BCUT2D eigenvalue weighted by molar-refractivity contribution is 0.0444. The van der Waals surface area contributed by atoms with Crippen LogP contribution in [0.1, 0.15) is 44.2 Å². The van der Waals surface area contributed by atoms with E-state index >= 15 is 0 Å². The second-order valence-corrected chi connectivity index (χ2v) is 7.99. The van der Waals surface area contributed by atoms with Crippen LogP contribution in [0, 0.1) is 12.7 Å². The summed E-state index contributed by atoms with van der Waals surface area (Å²) in [6, 6.07) is 1.46. The number of halogens is 1. The fourth-order valence-corrected chi connectivity index (χ4v) is 3.42. The molecule has 31 heavy (non-hydrogen) atoms. The Kier molecular flexibility index (Phi) is 5.63. The summed E-state index contributed by atoms with van der Waals surface area (Å²) in [5.74, 6) is 1.50. The summed E-state index contributed by atoms with van der Waals surface area (Å²) in [6.45, 7) is 6.65. The number of hydrogen-bond acceptors (Lipinski definition) is 10. The van der Waals surface area contributed by atoms with Gasteiger partial charge >= 0.3 is 0 Å². The second-order valence-electron chi connectivity index (χ2n) is 7.99. The number of aromatic nitrogens is 7. The number of aliphatic hydroxyl groups is 1. The molecule has 0 radical (unpaired) electrons. The molecule has 3 aromatic rings. The molecule has 4 N–H and O–H groups in total. The van der Waals surface area contributed by atoms with Gasteiger partial charge in [0.05, 0.1) is 24.0 Å². The molecule has 3 aromatic heterocycles. The van der Waals surface area contributed by atoms with Crippen molar-refractivity contribution in [1.82, 2.24) is 35.1 Å². The van der Waals surface area contributed by atoms with Crippen LogP contribution < -0.4 is 15.5 Å². The van der Waals surface area contributed by atoms with E-state index in [1.807, 2.05) is 24.8 Å². The summed E-state index contributed by atoms with van der Waals surface area (Å²) in [5.41, 5.74) is 0.0740. The lowest BCUT2D eigenvalue weighted by Crippen LogP contribution is -2.46. The number of piperidine rings is 1. The Morgan fingerprint density at radius 1 is 1.23 bits per heavy atom. The maximum Gasteiger partial charge on any atom is 0.235 e. The van der Waals surface area contributed by atoms with Gasteiger partial charge in [0.1, 0.15) is 5.82 Å². The van der Waals surface area contributed by atoms with Gasteiger partial charge in [0.25, 0.3) is 0 Å². The van der Waals surface area contributed by atoms with E-state index in [0.717, 1.165) is 37.5 Å². The number of aryl methyl sites for hydroxylation is 1. The summed E-state index contributed by atoms with van der Waals surface area (Å²) < 4.78 is 13.1. The average molecular weight is 428 g/mol. The smallest absolute Gasteiger partial charge is 0.235 e. The predicted molar refractivity (Wildman–Crippen MR) is 113 cm³/mol. The molecule has 4 heterocycles. The molecule has 0 aromatic carbocycles. The Balaban J connectivity index is 1.62. The topological polar surface area (TPSA) is 141 Å². The van der Waals surface area contributed by atoms with Gasteiger partial charge in [0.15, 0.2) is 11.6 Å². The van der Waals surface area contributed by atoms with E-state index < -0.39 is 11.4 Å². The molecule has 4 rings (SSSR count). The molecule has 0 aliphatic carbocycles. The van der Waals surface area contributed by atoms with E-state index in [9.17, 15) is 9.50 Å². The average Bonchev–Trinajstić information content (AvgIpc) is 3.12. The van der Waals surface area contributed by atoms with Crippen molar-refractivity contribution >= 4 is 23.7 Å². The van der Waals surface area contributed by atoms with Crippen molar-refractivity contribution in [2.24, 2.45) is 0 Å². The molecular formula is C19H25FN10O. The standard InChI is InChI=1S/C19H25FN10O/c1-11-7-14(29-28-11)24-17-25-16(23-12(2)15-21-8-13(20)9-22-15)26-18(27-17)30-6-4-5-19(3,31)10-30/h7-9,12,31H,4-6,10H2,1-3H3,(H3,23,24,25,26,27,28,29)/t12-,19?/m0/s1. The minimum atomic E-state index is -0.819. The summed E-state index contributed by atoms with van der Waals surface area (Å²) in [5, 5.41) is 23.7. The molecule has 2 atom stereocenters. The zero-order valence-corrected chi connectivity index (χ0v) is 17.6. The Hall–Kier alpha value is -3.41. The van der Waals surface area contributed by atoms with Gasteiger partial charge in [-0.3, -0.25) is 5.10 Å². The van der Waals surface area contributed by atoms with Crippen molar-refractivity contribution in [2.45, 2.75) is 45.3 Å².